The molecule has 0 aliphatic rings. The van der Waals surface area contributed by atoms with E-state index in [4.69, 9.17) is 0 Å². The maximum atomic E-state index is 13.9. The lowest BCUT2D eigenvalue weighted by atomic mass is 10.3. The van der Waals surface area contributed by atoms with Gasteiger partial charge in [-0.3, -0.25) is 0 Å². The maximum absolute atomic E-state index is 13.9. The molecule has 104 valence electrons. The first-order chi connectivity index (χ1) is 9.73. The lowest BCUT2D eigenvalue weighted by molar-refractivity contribution is 0.589. The van der Waals surface area contributed by atoms with E-state index >= 15 is 0 Å². The molecule has 2 rings (SSSR count). The van der Waals surface area contributed by atoms with E-state index in [0.29, 0.717) is 0 Å². The van der Waals surface area contributed by atoms with Crippen molar-refractivity contribution in [1.82, 2.24) is 0 Å². The summed E-state index contributed by atoms with van der Waals surface area (Å²) in [5.74, 6) is 0. The molecule has 0 N–H and O–H groups in total. The van der Waals surface area contributed by atoms with Crippen LogP contribution in [0.1, 0.15) is 26.7 Å². The van der Waals surface area contributed by atoms with E-state index in [0.717, 1.165) is 28.8 Å². The van der Waals surface area contributed by atoms with E-state index in [9.17, 15) is 4.57 Å². The molecule has 0 heterocycles. The van der Waals surface area contributed by atoms with Crippen molar-refractivity contribution in [3.63, 3.8) is 0 Å². The van der Waals surface area contributed by atoms with Gasteiger partial charge in [-0.25, -0.2) is 0 Å². The molecule has 0 unspecified atom stereocenters. The van der Waals surface area contributed by atoms with Crippen LogP contribution in [-0.4, -0.2) is 0 Å². The van der Waals surface area contributed by atoms with Gasteiger partial charge in [0.2, 0.25) is 0 Å². The fourth-order valence-corrected chi connectivity index (χ4v) is 5.52. The quantitative estimate of drug-likeness (QED) is 0.727. The van der Waals surface area contributed by atoms with Gasteiger partial charge in [0.25, 0.3) is 0 Å². The van der Waals surface area contributed by atoms with Gasteiger partial charge in [-0.1, -0.05) is 80.6 Å². The Labute approximate surface area is 121 Å². The second-order valence-electron chi connectivity index (χ2n) is 4.74. The lowest BCUT2D eigenvalue weighted by Gasteiger charge is -2.22. The van der Waals surface area contributed by atoms with Crippen LogP contribution in [0.15, 0.2) is 72.1 Å². The topological polar surface area (TPSA) is 17.1 Å². The minimum Gasteiger partial charge on any atom is -0.309 e. The molecule has 0 bridgehead atoms. The molecule has 0 aliphatic heterocycles. The monoisotopic (exact) mass is 284 g/mol. The van der Waals surface area contributed by atoms with Crippen molar-refractivity contribution in [3.8, 4) is 0 Å². The molecule has 0 fully saturated rings. The lowest BCUT2D eigenvalue weighted by Crippen LogP contribution is -2.17. The predicted octanol–water partition coefficient (Wildman–Crippen LogP) is 4.70. The largest absolute Gasteiger partial charge is 0.309 e. The molecule has 0 radical (unpaired) electrons. The van der Waals surface area contributed by atoms with E-state index in [1.807, 2.05) is 60.7 Å². The second-order valence-corrected chi connectivity index (χ2v) is 7.56. The third kappa shape index (κ3) is 2.78. The summed E-state index contributed by atoms with van der Waals surface area (Å²) in [5, 5.41) is 2.90. The van der Waals surface area contributed by atoms with E-state index in [1.165, 1.54) is 0 Å². The van der Waals surface area contributed by atoms with Gasteiger partial charge in [0.1, 0.15) is 0 Å². The van der Waals surface area contributed by atoms with Crippen LogP contribution < -0.4 is 10.6 Å². The highest BCUT2D eigenvalue weighted by Gasteiger charge is 2.30. The van der Waals surface area contributed by atoms with Crippen molar-refractivity contribution in [3.05, 3.63) is 72.1 Å². The maximum Gasteiger partial charge on any atom is 0.166 e. The molecule has 0 aromatic heterocycles. The molecule has 2 heteroatoms. The van der Waals surface area contributed by atoms with Crippen molar-refractivity contribution in [2.45, 2.75) is 26.7 Å². The van der Waals surface area contributed by atoms with Gasteiger partial charge < -0.3 is 4.57 Å². The van der Waals surface area contributed by atoms with E-state index in [2.05, 4.69) is 19.9 Å². The molecular weight excluding hydrogens is 263 g/mol. The molecule has 2 aromatic carbocycles. The summed E-state index contributed by atoms with van der Waals surface area (Å²) in [6.45, 7) is 4.18. The third-order valence-electron chi connectivity index (χ3n) is 3.45. The summed E-state index contributed by atoms with van der Waals surface area (Å²) in [7, 11) is -2.69. The zero-order chi connectivity index (χ0) is 14.4. The Kier molecular flexibility index (Phi) is 4.98. The summed E-state index contributed by atoms with van der Waals surface area (Å²) in [5.41, 5.74) is 0. The van der Waals surface area contributed by atoms with Gasteiger partial charge in [-0.2, -0.15) is 0 Å². The van der Waals surface area contributed by atoms with Crippen molar-refractivity contribution < 1.29 is 4.57 Å². The van der Waals surface area contributed by atoms with Crippen molar-refractivity contribution in [1.29, 1.82) is 0 Å². The van der Waals surface area contributed by atoms with E-state index in [-0.39, 0.29) is 0 Å². The first-order valence-electron chi connectivity index (χ1n) is 7.14. The molecule has 20 heavy (non-hydrogen) atoms. The predicted molar refractivity (Wildman–Crippen MR) is 88.4 cm³/mol. The van der Waals surface area contributed by atoms with Gasteiger partial charge in [0.05, 0.1) is 0 Å². The van der Waals surface area contributed by atoms with Crippen molar-refractivity contribution >= 4 is 17.8 Å². The minimum absolute atomic E-state index is 0.814. The molecule has 1 nitrogen and oxygen atoms in total. The number of hydrogen-bond acceptors (Lipinski definition) is 1. The number of rotatable bonds is 5. The summed E-state index contributed by atoms with van der Waals surface area (Å²) < 4.78 is 13.9. The zero-order valence-electron chi connectivity index (χ0n) is 12.1. The second kappa shape index (κ2) is 6.72. The highest BCUT2D eigenvalue weighted by Crippen LogP contribution is 2.53. The zero-order valence-corrected chi connectivity index (χ0v) is 13.0. The molecule has 0 atom stereocenters. The van der Waals surface area contributed by atoms with Crippen LogP contribution in [-0.2, 0) is 4.57 Å². The average molecular weight is 284 g/mol. The Bertz CT molecular complexity index is 571. The smallest absolute Gasteiger partial charge is 0.166 e. The molecule has 0 saturated heterocycles. The molecule has 0 amide bonds. The van der Waals surface area contributed by atoms with Crippen LogP contribution in [0.5, 0.6) is 0 Å². The summed E-state index contributed by atoms with van der Waals surface area (Å²) in [6.07, 6.45) is 3.85. The fourth-order valence-electron chi connectivity index (χ4n) is 2.49. The summed E-state index contributed by atoms with van der Waals surface area (Å²) in [4.78, 5) is 0. The normalized spacial score (nSPS) is 12.4. The van der Waals surface area contributed by atoms with Crippen molar-refractivity contribution in [2.75, 3.05) is 0 Å². The van der Waals surface area contributed by atoms with Gasteiger partial charge in [0.15, 0.2) is 7.14 Å². The standard InChI is InChI=1S/C18H21OP/c1-3-11-16(4-2)20(19,17-12-7-5-8-13-17)18-14-9-6-10-15-18/h5-15H,3-4H2,1-2H3/b16-11+. The Morgan fingerprint density at radius 2 is 1.35 bits per heavy atom. The number of benzene rings is 2. The summed E-state index contributed by atoms with van der Waals surface area (Å²) >= 11 is 0. The first kappa shape index (κ1) is 14.8. The highest BCUT2D eigenvalue weighted by atomic mass is 31.2. The minimum atomic E-state index is -2.69. The van der Waals surface area contributed by atoms with E-state index in [1.54, 1.807) is 0 Å². The third-order valence-corrected chi connectivity index (χ3v) is 6.80. The van der Waals surface area contributed by atoms with Crippen LogP contribution >= 0.6 is 7.14 Å². The van der Waals surface area contributed by atoms with Crippen molar-refractivity contribution in [2.24, 2.45) is 0 Å². The Hall–Kier alpha value is -1.59. The van der Waals surface area contributed by atoms with Crippen LogP contribution in [0.4, 0.5) is 0 Å². The Morgan fingerprint density at radius 1 is 0.900 bits per heavy atom. The fraction of sp³-hybridized carbons (Fsp3) is 0.222. The molecule has 0 saturated carbocycles. The highest BCUT2D eigenvalue weighted by molar-refractivity contribution is 7.82. The number of allylic oxidation sites excluding steroid dienone is 2. The van der Waals surface area contributed by atoms with Gasteiger partial charge >= 0.3 is 0 Å². The SMILES string of the molecule is CC/C=C(\CC)P(=O)(c1ccccc1)c1ccccc1. The Morgan fingerprint density at radius 3 is 1.70 bits per heavy atom. The molecular formula is C18H21OP. The molecule has 2 aromatic rings. The van der Waals surface area contributed by atoms with Gasteiger partial charge in [0, 0.05) is 10.6 Å². The van der Waals surface area contributed by atoms with E-state index < -0.39 is 7.14 Å². The van der Waals surface area contributed by atoms with Gasteiger partial charge in [-0.15, -0.1) is 0 Å². The number of hydrogen-bond donors (Lipinski definition) is 0. The van der Waals surface area contributed by atoms with Gasteiger partial charge in [-0.05, 0) is 18.2 Å². The van der Waals surface area contributed by atoms with Crippen LogP contribution in [0.2, 0.25) is 0 Å². The van der Waals surface area contributed by atoms with Crippen LogP contribution in [0.3, 0.4) is 0 Å². The molecule has 0 spiro atoms. The average Bonchev–Trinajstić information content (AvgIpc) is 2.53. The Balaban J connectivity index is 2.67. The molecule has 0 aliphatic carbocycles. The van der Waals surface area contributed by atoms with Crippen LogP contribution in [0.25, 0.3) is 0 Å². The van der Waals surface area contributed by atoms with Crippen LogP contribution in [0, 0.1) is 0 Å². The summed E-state index contributed by atoms with van der Waals surface area (Å²) in [6, 6.07) is 19.7. The first-order valence-corrected chi connectivity index (χ1v) is 8.85.